The minimum atomic E-state index is -4.46. The van der Waals surface area contributed by atoms with Crippen molar-refractivity contribution in [2.75, 3.05) is 5.32 Å². The van der Waals surface area contributed by atoms with Gasteiger partial charge in [0.15, 0.2) is 0 Å². The van der Waals surface area contributed by atoms with Crippen LogP contribution in [0.25, 0.3) is 0 Å². The van der Waals surface area contributed by atoms with Gasteiger partial charge in [-0.05, 0) is 30.7 Å². The third-order valence-electron chi connectivity index (χ3n) is 2.72. The molecule has 1 aromatic carbocycles. The van der Waals surface area contributed by atoms with Gasteiger partial charge in [0.1, 0.15) is 11.8 Å². The van der Waals surface area contributed by atoms with Gasteiger partial charge in [-0.2, -0.15) is 18.4 Å². The quantitative estimate of drug-likeness (QED) is 0.901. The number of hydrogen-bond acceptors (Lipinski definition) is 3. The van der Waals surface area contributed by atoms with Gasteiger partial charge in [-0.15, -0.1) is 0 Å². The molecule has 0 radical (unpaired) electrons. The van der Waals surface area contributed by atoms with E-state index in [0.717, 1.165) is 17.8 Å². The van der Waals surface area contributed by atoms with Gasteiger partial charge < -0.3 is 5.32 Å². The van der Waals surface area contributed by atoms with E-state index < -0.39 is 11.9 Å². The van der Waals surface area contributed by atoms with E-state index in [4.69, 9.17) is 5.26 Å². The lowest BCUT2D eigenvalue weighted by molar-refractivity contribution is -0.141. The van der Waals surface area contributed by atoms with Gasteiger partial charge in [0.05, 0.1) is 23.1 Å². The second kappa shape index (κ2) is 5.21. The molecule has 0 fully saturated rings. The van der Waals surface area contributed by atoms with Crippen molar-refractivity contribution in [2.24, 2.45) is 0 Å². The normalized spacial score (nSPS) is 10.9. The smallest absolute Gasteiger partial charge is 0.353 e. The van der Waals surface area contributed by atoms with Crippen molar-refractivity contribution in [3.63, 3.8) is 0 Å². The first kappa shape index (κ1) is 13.9. The van der Waals surface area contributed by atoms with Gasteiger partial charge in [0, 0.05) is 0 Å². The Balaban J connectivity index is 2.30. The van der Waals surface area contributed by atoms with Crippen LogP contribution in [0.1, 0.15) is 16.8 Å². The molecule has 0 aliphatic rings. The Bertz CT molecular complexity index is 655. The van der Waals surface area contributed by atoms with E-state index in [1.165, 1.54) is 6.07 Å². The third-order valence-corrected chi connectivity index (χ3v) is 2.72. The first-order valence-corrected chi connectivity index (χ1v) is 5.72. The lowest BCUT2D eigenvalue weighted by Gasteiger charge is -2.12. The number of nitriles is 1. The zero-order valence-corrected chi connectivity index (χ0v) is 10.5. The summed E-state index contributed by atoms with van der Waals surface area (Å²) in [6.45, 7) is 1.81. The fourth-order valence-corrected chi connectivity index (χ4v) is 1.71. The van der Waals surface area contributed by atoms with E-state index in [-0.39, 0.29) is 0 Å². The molecule has 0 amide bonds. The van der Waals surface area contributed by atoms with Crippen LogP contribution in [0.15, 0.2) is 36.5 Å². The number of anilines is 2. The van der Waals surface area contributed by atoms with Crippen molar-refractivity contribution in [3.8, 4) is 6.07 Å². The van der Waals surface area contributed by atoms with E-state index in [9.17, 15) is 13.2 Å². The zero-order valence-electron chi connectivity index (χ0n) is 10.5. The average molecular weight is 277 g/mol. The van der Waals surface area contributed by atoms with E-state index in [1.807, 2.05) is 6.07 Å². The summed E-state index contributed by atoms with van der Waals surface area (Å²) in [6, 6.07) is 9.38. The van der Waals surface area contributed by atoms with Gasteiger partial charge in [-0.3, -0.25) is 0 Å². The molecule has 0 saturated carbocycles. The highest BCUT2D eigenvalue weighted by molar-refractivity contribution is 5.69. The highest BCUT2D eigenvalue weighted by Gasteiger charge is 2.32. The molecule has 102 valence electrons. The lowest BCUT2D eigenvalue weighted by atomic mass is 10.1. The summed E-state index contributed by atoms with van der Waals surface area (Å²) in [5.74, 6) is 0. The maximum Gasteiger partial charge on any atom is 0.433 e. The molecular formula is C14H10F3N3. The van der Waals surface area contributed by atoms with Crippen molar-refractivity contribution < 1.29 is 13.2 Å². The fourth-order valence-electron chi connectivity index (χ4n) is 1.71. The van der Waals surface area contributed by atoms with E-state index in [1.54, 1.807) is 25.1 Å². The number of para-hydroxylation sites is 1. The molecule has 2 rings (SSSR count). The van der Waals surface area contributed by atoms with Crippen LogP contribution < -0.4 is 5.32 Å². The number of nitrogens with zero attached hydrogens (tertiary/aromatic N) is 2. The number of aryl methyl sites for hydroxylation is 1. The van der Waals surface area contributed by atoms with Crippen molar-refractivity contribution in [2.45, 2.75) is 13.1 Å². The molecule has 2 aromatic rings. The van der Waals surface area contributed by atoms with E-state index in [0.29, 0.717) is 16.9 Å². The van der Waals surface area contributed by atoms with Crippen LogP contribution in [0, 0.1) is 18.3 Å². The van der Waals surface area contributed by atoms with Crippen LogP contribution in [0.4, 0.5) is 24.5 Å². The summed E-state index contributed by atoms with van der Waals surface area (Å²) in [7, 11) is 0. The first-order chi connectivity index (χ1) is 9.41. The Kier molecular flexibility index (Phi) is 3.61. The van der Waals surface area contributed by atoms with Crippen LogP contribution in [0.3, 0.4) is 0 Å². The predicted molar refractivity (Wildman–Crippen MR) is 68.4 cm³/mol. The number of aromatic nitrogens is 1. The summed E-state index contributed by atoms with van der Waals surface area (Å²) < 4.78 is 37.2. The minimum absolute atomic E-state index is 0.392. The van der Waals surface area contributed by atoms with Gasteiger partial charge in [0.25, 0.3) is 0 Å². The molecule has 1 heterocycles. The van der Waals surface area contributed by atoms with Crippen LogP contribution in [-0.4, -0.2) is 4.98 Å². The Morgan fingerprint density at radius 2 is 1.95 bits per heavy atom. The molecule has 20 heavy (non-hydrogen) atoms. The van der Waals surface area contributed by atoms with Crippen molar-refractivity contribution in [1.82, 2.24) is 4.98 Å². The van der Waals surface area contributed by atoms with Crippen molar-refractivity contribution in [3.05, 3.63) is 53.3 Å². The van der Waals surface area contributed by atoms with Crippen LogP contribution in [0.2, 0.25) is 0 Å². The lowest BCUT2D eigenvalue weighted by Crippen LogP contribution is -2.07. The summed E-state index contributed by atoms with van der Waals surface area (Å²) in [5, 5.41) is 11.9. The zero-order chi connectivity index (χ0) is 14.8. The second-order valence-corrected chi connectivity index (χ2v) is 4.16. The second-order valence-electron chi connectivity index (χ2n) is 4.16. The molecule has 0 unspecified atom stereocenters. The molecule has 0 atom stereocenters. The summed E-state index contributed by atoms with van der Waals surface area (Å²) in [6.07, 6.45) is -3.37. The standard InChI is InChI=1S/C14H10F3N3/c1-9-3-2-4-10(7-18)13(9)20-11-5-6-12(19-8-11)14(15,16)17/h2-6,8,20H,1H3. The monoisotopic (exact) mass is 277 g/mol. The molecule has 0 spiro atoms. The molecule has 0 aliphatic carbocycles. The van der Waals surface area contributed by atoms with E-state index in [2.05, 4.69) is 10.3 Å². The molecule has 3 nitrogen and oxygen atoms in total. The molecule has 0 aliphatic heterocycles. The summed E-state index contributed by atoms with van der Waals surface area (Å²) in [5.41, 5.74) is 1.25. The highest BCUT2D eigenvalue weighted by atomic mass is 19.4. The molecule has 0 bridgehead atoms. The number of alkyl halides is 3. The Morgan fingerprint density at radius 1 is 1.20 bits per heavy atom. The number of halogens is 3. The average Bonchev–Trinajstić information content (AvgIpc) is 2.40. The molecule has 1 aromatic heterocycles. The highest BCUT2D eigenvalue weighted by Crippen LogP contribution is 2.29. The number of hydrogen-bond donors (Lipinski definition) is 1. The fraction of sp³-hybridized carbons (Fsp3) is 0.143. The first-order valence-electron chi connectivity index (χ1n) is 5.72. The maximum atomic E-state index is 12.4. The number of nitrogens with one attached hydrogen (secondary N) is 1. The van der Waals surface area contributed by atoms with Crippen LogP contribution in [0.5, 0.6) is 0 Å². The van der Waals surface area contributed by atoms with Crippen LogP contribution >= 0.6 is 0 Å². The number of benzene rings is 1. The molecule has 6 heteroatoms. The van der Waals surface area contributed by atoms with Gasteiger partial charge in [-0.25, -0.2) is 4.98 Å². The van der Waals surface area contributed by atoms with Gasteiger partial charge in [0.2, 0.25) is 0 Å². The Labute approximate surface area is 113 Å². The van der Waals surface area contributed by atoms with Gasteiger partial charge >= 0.3 is 6.18 Å². The number of rotatable bonds is 2. The topological polar surface area (TPSA) is 48.7 Å². The summed E-state index contributed by atoms with van der Waals surface area (Å²) >= 11 is 0. The minimum Gasteiger partial charge on any atom is -0.353 e. The third kappa shape index (κ3) is 2.88. The Hall–Kier alpha value is -2.55. The molecule has 1 N–H and O–H groups in total. The molecular weight excluding hydrogens is 267 g/mol. The number of pyridine rings is 1. The van der Waals surface area contributed by atoms with Crippen LogP contribution in [-0.2, 0) is 6.18 Å². The predicted octanol–water partition coefficient (Wildman–Crippen LogP) is 4.02. The summed E-state index contributed by atoms with van der Waals surface area (Å²) in [4.78, 5) is 3.36. The van der Waals surface area contributed by atoms with Gasteiger partial charge in [-0.1, -0.05) is 12.1 Å². The van der Waals surface area contributed by atoms with E-state index >= 15 is 0 Å². The largest absolute Gasteiger partial charge is 0.433 e. The maximum absolute atomic E-state index is 12.4. The van der Waals surface area contributed by atoms with Crippen molar-refractivity contribution >= 4 is 11.4 Å². The Morgan fingerprint density at radius 3 is 2.50 bits per heavy atom. The van der Waals surface area contributed by atoms with Crippen molar-refractivity contribution in [1.29, 1.82) is 5.26 Å². The SMILES string of the molecule is Cc1cccc(C#N)c1Nc1ccc(C(F)(F)F)nc1. The molecule has 0 saturated heterocycles.